The van der Waals surface area contributed by atoms with Crippen molar-refractivity contribution in [3.8, 4) is 0 Å². The molecule has 2 aliphatic heterocycles. The van der Waals surface area contributed by atoms with Crippen LogP contribution in [-0.4, -0.2) is 70.8 Å². The lowest BCUT2D eigenvalue weighted by molar-refractivity contribution is -0.144. The number of amides is 2. The van der Waals surface area contributed by atoms with E-state index in [4.69, 9.17) is 0 Å². The molecule has 0 spiro atoms. The molecular weight excluding hydrogens is 530 g/mol. The number of piperidine rings is 2. The van der Waals surface area contributed by atoms with E-state index in [1.54, 1.807) is 0 Å². The first-order valence-corrected chi connectivity index (χ1v) is 17.4. The Balaban J connectivity index is 1.03. The van der Waals surface area contributed by atoms with E-state index in [-0.39, 0.29) is 11.8 Å². The monoisotopic (exact) mass is 579 g/mol. The van der Waals surface area contributed by atoms with Gasteiger partial charge in [-0.05, 0) is 85.5 Å². The van der Waals surface area contributed by atoms with Gasteiger partial charge in [-0.15, -0.1) is 0 Å². The number of benzene rings is 3. The van der Waals surface area contributed by atoms with Crippen LogP contribution in [0.3, 0.4) is 0 Å². The van der Waals surface area contributed by atoms with Crippen molar-refractivity contribution in [2.75, 3.05) is 26.2 Å². The molecule has 3 aromatic rings. The summed E-state index contributed by atoms with van der Waals surface area (Å²) < 4.78 is 0. The quantitative estimate of drug-likeness (QED) is 0.290. The molecule has 1 unspecified atom stereocenters. The minimum atomic E-state index is 0.138. The zero-order chi connectivity index (χ0) is 29.2. The van der Waals surface area contributed by atoms with Gasteiger partial charge in [-0.25, -0.2) is 0 Å². The molecule has 0 aromatic heterocycles. The summed E-state index contributed by atoms with van der Waals surface area (Å²) in [5.74, 6) is 0.770. The third-order valence-corrected chi connectivity index (χ3v) is 11.2. The number of carbonyl (C=O) groups is 2. The van der Waals surface area contributed by atoms with Gasteiger partial charge in [0.15, 0.2) is 0 Å². The number of likely N-dealkylation sites (tertiary alicyclic amines) is 2. The van der Waals surface area contributed by atoms with E-state index < -0.39 is 0 Å². The average Bonchev–Trinajstić information content (AvgIpc) is 3.08. The summed E-state index contributed by atoms with van der Waals surface area (Å²) in [7, 11) is 0. The molecule has 4 aliphatic rings. The molecule has 1 atom stereocenters. The van der Waals surface area contributed by atoms with Crippen LogP contribution in [0.2, 0.25) is 0 Å². The normalized spacial score (nSPS) is 23.5. The Labute approximate surface area is 257 Å². The number of nitrogens with zero attached hydrogens (tertiary/aromatic N) is 3. The Morgan fingerprint density at radius 1 is 0.628 bits per heavy atom. The Morgan fingerprint density at radius 3 is 1.77 bits per heavy atom. The molecule has 2 heterocycles. The summed E-state index contributed by atoms with van der Waals surface area (Å²) in [5, 5.41) is 4.34. The summed E-state index contributed by atoms with van der Waals surface area (Å²) >= 11 is 0. The molecule has 3 aromatic carbocycles. The zero-order valence-corrected chi connectivity index (χ0v) is 25.9. The molecular formula is C38H49N3O2. The van der Waals surface area contributed by atoms with Crippen LogP contribution in [0.25, 0.3) is 21.5 Å². The summed E-state index contributed by atoms with van der Waals surface area (Å²) in [5.41, 5.74) is 0.848. The van der Waals surface area contributed by atoms with Crippen molar-refractivity contribution in [3.05, 3.63) is 60.2 Å². The van der Waals surface area contributed by atoms with Crippen molar-refractivity contribution in [2.24, 2.45) is 5.92 Å². The van der Waals surface area contributed by atoms with Crippen molar-refractivity contribution in [2.45, 2.75) is 108 Å². The Morgan fingerprint density at radius 2 is 1.19 bits per heavy atom. The largest absolute Gasteiger partial charge is 0.338 e. The number of carbonyl (C=O) groups excluding carboxylic acids is 2. The van der Waals surface area contributed by atoms with Crippen molar-refractivity contribution in [1.82, 2.24) is 14.7 Å². The van der Waals surface area contributed by atoms with Gasteiger partial charge in [0, 0.05) is 37.8 Å². The van der Waals surface area contributed by atoms with Crippen LogP contribution in [-0.2, 0) is 4.79 Å². The predicted molar refractivity (Wildman–Crippen MR) is 175 cm³/mol. The molecule has 2 aliphatic carbocycles. The molecule has 2 saturated heterocycles. The fourth-order valence-corrected chi connectivity index (χ4v) is 8.96. The third kappa shape index (κ3) is 5.94. The number of fused-ring (bicyclic) bond motifs is 2. The van der Waals surface area contributed by atoms with Gasteiger partial charge in [-0.1, -0.05) is 87.1 Å². The van der Waals surface area contributed by atoms with Gasteiger partial charge < -0.3 is 9.80 Å². The number of hydrogen-bond donors (Lipinski definition) is 0. The summed E-state index contributed by atoms with van der Waals surface area (Å²) in [6.07, 6.45) is 16.7. The highest BCUT2D eigenvalue weighted by molar-refractivity contribution is 6.18. The maximum Gasteiger partial charge on any atom is 0.255 e. The summed E-state index contributed by atoms with van der Waals surface area (Å²) in [6, 6.07) is 20.2. The van der Waals surface area contributed by atoms with Gasteiger partial charge in [0.2, 0.25) is 5.91 Å². The van der Waals surface area contributed by atoms with Gasteiger partial charge >= 0.3 is 0 Å². The van der Waals surface area contributed by atoms with Crippen LogP contribution in [0.1, 0.15) is 100 Å². The first kappa shape index (κ1) is 28.8. The minimum Gasteiger partial charge on any atom is -0.338 e. The lowest BCUT2D eigenvalue weighted by Gasteiger charge is -2.46. The van der Waals surface area contributed by atoms with Crippen molar-refractivity contribution >= 4 is 33.4 Å². The van der Waals surface area contributed by atoms with Crippen LogP contribution in [0.4, 0.5) is 0 Å². The minimum absolute atomic E-state index is 0.138. The van der Waals surface area contributed by atoms with Crippen LogP contribution in [0, 0.1) is 5.92 Å². The van der Waals surface area contributed by atoms with E-state index in [1.165, 1.54) is 64.2 Å². The molecule has 4 fully saturated rings. The van der Waals surface area contributed by atoms with Crippen LogP contribution < -0.4 is 0 Å². The van der Waals surface area contributed by atoms with Crippen molar-refractivity contribution < 1.29 is 9.59 Å². The highest BCUT2D eigenvalue weighted by atomic mass is 16.2. The van der Waals surface area contributed by atoms with E-state index in [1.807, 2.05) is 12.1 Å². The van der Waals surface area contributed by atoms with Crippen LogP contribution >= 0.6 is 0 Å². The molecule has 2 amide bonds. The lowest BCUT2D eigenvalue weighted by atomic mass is 9.86. The van der Waals surface area contributed by atoms with E-state index >= 15 is 0 Å². The summed E-state index contributed by atoms with van der Waals surface area (Å²) in [6.45, 7) is 3.56. The lowest BCUT2D eigenvalue weighted by Crippen LogP contribution is -2.55. The Bertz CT molecular complexity index is 1360. The third-order valence-electron chi connectivity index (χ3n) is 11.2. The standard InChI is InChI=1S/C38H49N3O2/c42-37(41(32-15-3-1-4-16-32)33-17-5-2-6-18-33)30-14-11-23-40(27-30)31-21-24-39(25-22-31)38(43)36-34-19-9-7-12-28(34)26-29-13-8-10-20-35(29)36/h7-10,12-13,19-20,26,30-33H,1-6,11,14-18,21-25,27H2. The highest BCUT2D eigenvalue weighted by Gasteiger charge is 2.39. The van der Waals surface area contributed by atoms with Crippen LogP contribution in [0.5, 0.6) is 0 Å². The van der Waals surface area contributed by atoms with Gasteiger partial charge in [-0.2, -0.15) is 0 Å². The second kappa shape index (κ2) is 13.0. The number of hydrogen-bond acceptors (Lipinski definition) is 3. The molecule has 0 N–H and O–H groups in total. The van der Waals surface area contributed by atoms with Gasteiger partial charge in [0.1, 0.15) is 0 Å². The average molecular weight is 580 g/mol. The van der Waals surface area contributed by atoms with Gasteiger partial charge in [-0.3, -0.25) is 14.5 Å². The zero-order valence-electron chi connectivity index (χ0n) is 25.9. The maximum absolute atomic E-state index is 14.3. The fraction of sp³-hybridized carbons (Fsp3) is 0.579. The molecule has 43 heavy (non-hydrogen) atoms. The van der Waals surface area contributed by atoms with Crippen molar-refractivity contribution in [1.29, 1.82) is 0 Å². The molecule has 0 radical (unpaired) electrons. The SMILES string of the molecule is O=C(c1c2ccccc2cc2ccccc12)N1CCC(N2CCCC(C(=O)N(C3CCCCC3)C3CCCCC3)C2)CC1. The molecule has 5 heteroatoms. The summed E-state index contributed by atoms with van der Waals surface area (Å²) in [4.78, 5) is 35.5. The predicted octanol–water partition coefficient (Wildman–Crippen LogP) is 7.80. The van der Waals surface area contributed by atoms with Gasteiger partial charge in [0.25, 0.3) is 5.91 Å². The number of rotatable bonds is 5. The van der Waals surface area contributed by atoms with E-state index in [9.17, 15) is 9.59 Å². The molecule has 228 valence electrons. The molecule has 2 saturated carbocycles. The van der Waals surface area contributed by atoms with E-state index in [2.05, 4.69) is 57.2 Å². The molecule has 7 rings (SSSR count). The molecule has 5 nitrogen and oxygen atoms in total. The topological polar surface area (TPSA) is 43.9 Å². The first-order valence-electron chi connectivity index (χ1n) is 17.4. The second-order valence-corrected chi connectivity index (χ2v) is 13.9. The van der Waals surface area contributed by atoms with Crippen LogP contribution in [0.15, 0.2) is 54.6 Å². The van der Waals surface area contributed by atoms with Gasteiger partial charge in [0.05, 0.1) is 11.5 Å². The smallest absolute Gasteiger partial charge is 0.255 e. The van der Waals surface area contributed by atoms with E-state index in [0.29, 0.717) is 24.0 Å². The first-order chi connectivity index (χ1) is 21.2. The fourth-order valence-electron chi connectivity index (χ4n) is 8.96. The molecule has 0 bridgehead atoms. The highest BCUT2D eigenvalue weighted by Crippen LogP contribution is 2.35. The van der Waals surface area contributed by atoms with Crippen molar-refractivity contribution in [3.63, 3.8) is 0 Å². The van der Waals surface area contributed by atoms with E-state index in [0.717, 1.165) is 79.0 Å². The Kier molecular flexibility index (Phi) is 8.70. The maximum atomic E-state index is 14.3. The Hall–Kier alpha value is -2.92. The second-order valence-electron chi connectivity index (χ2n) is 13.9.